The second-order valence-electron chi connectivity index (χ2n) is 6.02. The number of anilines is 1. The van der Waals surface area contributed by atoms with Crippen LogP contribution in [0.1, 0.15) is 36.9 Å². The summed E-state index contributed by atoms with van der Waals surface area (Å²) in [6, 6.07) is 14.6. The van der Waals surface area contributed by atoms with Gasteiger partial charge in [-0.2, -0.15) is 0 Å². The molecule has 0 aliphatic heterocycles. The maximum absolute atomic E-state index is 12.5. The molecule has 0 aliphatic rings. The van der Waals surface area contributed by atoms with E-state index in [1.807, 2.05) is 30.3 Å². The molecule has 2 amide bonds. The maximum atomic E-state index is 12.5. The molecule has 28 heavy (non-hydrogen) atoms. The number of hydrogen-bond acceptors (Lipinski definition) is 5. The lowest BCUT2D eigenvalue weighted by Gasteiger charge is -2.07. The number of nitrogens with zero attached hydrogens (tertiary/aromatic N) is 1. The van der Waals surface area contributed by atoms with E-state index in [-0.39, 0.29) is 18.4 Å². The molecule has 0 atom stereocenters. The third-order valence-electron chi connectivity index (χ3n) is 4.00. The second kappa shape index (κ2) is 9.09. The first-order chi connectivity index (χ1) is 13.5. The molecule has 0 fully saturated rings. The Morgan fingerprint density at radius 3 is 2.61 bits per heavy atom. The zero-order valence-electron chi connectivity index (χ0n) is 15.0. The number of aromatic nitrogens is 1. The minimum absolute atomic E-state index is 0.237. The minimum atomic E-state index is -0.387. The lowest BCUT2D eigenvalue weighted by Crippen LogP contribution is -2.22. The quantitative estimate of drug-likeness (QED) is 0.521. The van der Waals surface area contributed by atoms with Crippen LogP contribution >= 0.6 is 27.3 Å². The topological polar surface area (TPSA) is 91.3 Å². The highest BCUT2D eigenvalue weighted by Crippen LogP contribution is 2.24. The van der Waals surface area contributed by atoms with Gasteiger partial charge >= 0.3 is 0 Å². The molecule has 0 bridgehead atoms. The van der Waals surface area contributed by atoms with Crippen molar-refractivity contribution in [2.24, 2.45) is 0 Å². The smallest absolute Gasteiger partial charge is 0.263 e. The molecule has 1 heterocycles. The largest absolute Gasteiger partial charge is 0.392 e. The third-order valence-corrected chi connectivity index (χ3v) is 5.57. The van der Waals surface area contributed by atoms with Gasteiger partial charge in [0, 0.05) is 16.6 Å². The van der Waals surface area contributed by atoms with Gasteiger partial charge in [0.1, 0.15) is 4.88 Å². The number of nitrogens with one attached hydrogen (secondary N) is 2. The van der Waals surface area contributed by atoms with Gasteiger partial charge in [0.2, 0.25) is 0 Å². The second-order valence-corrected chi connectivity index (χ2v) is 7.93. The predicted octanol–water partition coefficient (Wildman–Crippen LogP) is 3.89. The molecule has 3 aromatic rings. The van der Waals surface area contributed by atoms with E-state index in [2.05, 4.69) is 31.5 Å². The lowest BCUT2D eigenvalue weighted by atomic mass is 10.1. The van der Waals surface area contributed by atoms with E-state index in [0.29, 0.717) is 33.4 Å². The summed E-state index contributed by atoms with van der Waals surface area (Å²) in [4.78, 5) is 29.7. The summed E-state index contributed by atoms with van der Waals surface area (Å²) in [5.41, 5.74) is 2.40. The number of rotatable bonds is 6. The van der Waals surface area contributed by atoms with Crippen molar-refractivity contribution in [1.29, 1.82) is 0 Å². The van der Waals surface area contributed by atoms with Crippen LogP contribution in [0.5, 0.6) is 0 Å². The minimum Gasteiger partial charge on any atom is -0.392 e. The number of aliphatic hydroxyl groups excluding tert-OH is 1. The Morgan fingerprint density at radius 1 is 1.14 bits per heavy atom. The highest BCUT2D eigenvalue weighted by molar-refractivity contribution is 9.10. The van der Waals surface area contributed by atoms with E-state index in [9.17, 15) is 14.7 Å². The molecule has 0 radical (unpaired) electrons. The Morgan fingerprint density at radius 2 is 1.89 bits per heavy atom. The van der Waals surface area contributed by atoms with Gasteiger partial charge in [-0.25, -0.2) is 4.98 Å². The predicted molar refractivity (Wildman–Crippen MR) is 112 cm³/mol. The van der Waals surface area contributed by atoms with Crippen molar-refractivity contribution in [2.75, 3.05) is 5.32 Å². The van der Waals surface area contributed by atoms with Gasteiger partial charge in [-0.1, -0.05) is 57.6 Å². The fourth-order valence-corrected chi connectivity index (χ4v) is 3.88. The van der Waals surface area contributed by atoms with Gasteiger partial charge in [0.15, 0.2) is 5.13 Å². The molecule has 3 N–H and O–H groups in total. The van der Waals surface area contributed by atoms with Crippen LogP contribution in [0.25, 0.3) is 0 Å². The summed E-state index contributed by atoms with van der Waals surface area (Å²) in [5.74, 6) is -0.624. The number of carbonyl (C=O) groups excluding carboxylic acids is 2. The summed E-state index contributed by atoms with van der Waals surface area (Å²) in [5, 5.41) is 15.4. The Bertz CT molecular complexity index is 1010. The van der Waals surface area contributed by atoms with Gasteiger partial charge in [-0.15, -0.1) is 0 Å². The normalized spacial score (nSPS) is 10.5. The van der Waals surface area contributed by atoms with Crippen molar-refractivity contribution >= 4 is 44.2 Å². The number of halogens is 1. The van der Waals surface area contributed by atoms with Crippen LogP contribution in [0.4, 0.5) is 5.13 Å². The van der Waals surface area contributed by atoms with Crippen molar-refractivity contribution in [1.82, 2.24) is 10.3 Å². The third kappa shape index (κ3) is 4.83. The summed E-state index contributed by atoms with van der Waals surface area (Å²) in [6.07, 6.45) is 0. The zero-order valence-corrected chi connectivity index (χ0v) is 17.4. The first-order valence-electron chi connectivity index (χ1n) is 8.48. The van der Waals surface area contributed by atoms with Crippen molar-refractivity contribution in [3.8, 4) is 0 Å². The maximum Gasteiger partial charge on any atom is 0.263 e. The van der Waals surface area contributed by atoms with Crippen molar-refractivity contribution < 1.29 is 14.7 Å². The molecule has 3 rings (SSSR count). The van der Waals surface area contributed by atoms with Crippen molar-refractivity contribution in [3.05, 3.63) is 80.3 Å². The number of aryl methyl sites for hydroxylation is 1. The first-order valence-corrected chi connectivity index (χ1v) is 10.1. The van der Waals surface area contributed by atoms with Gasteiger partial charge in [0.05, 0.1) is 12.3 Å². The monoisotopic (exact) mass is 459 g/mol. The molecule has 0 saturated carbocycles. The summed E-state index contributed by atoms with van der Waals surface area (Å²) in [6.45, 7) is 1.88. The molecule has 0 aliphatic carbocycles. The number of hydrogen-bond donors (Lipinski definition) is 3. The summed E-state index contributed by atoms with van der Waals surface area (Å²) in [7, 11) is 0. The molecule has 1 aromatic heterocycles. The van der Waals surface area contributed by atoms with Crippen LogP contribution in [0, 0.1) is 6.92 Å². The summed E-state index contributed by atoms with van der Waals surface area (Å²) >= 11 is 4.43. The highest BCUT2D eigenvalue weighted by atomic mass is 79.9. The van der Waals surface area contributed by atoms with E-state index >= 15 is 0 Å². The first kappa shape index (κ1) is 20.2. The Labute approximate surface area is 174 Å². The van der Waals surface area contributed by atoms with E-state index < -0.39 is 0 Å². The molecular weight excluding hydrogens is 442 g/mol. The van der Waals surface area contributed by atoms with Crippen LogP contribution in [-0.4, -0.2) is 21.9 Å². The number of amides is 2. The number of benzene rings is 2. The van der Waals surface area contributed by atoms with Crippen molar-refractivity contribution in [3.63, 3.8) is 0 Å². The lowest BCUT2D eigenvalue weighted by molar-refractivity contribution is 0.0953. The molecule has 0 unspecified atom stereocenters. The highest BCUT2D eigenvalue weighted by Gasteiger charge is 2.18. The molecule has 6 nitrogen and oxygen atoms in total. The number of thiazole rings is 1. The number of aliphatic hydroxyl groups is 1. The van der Waals surface area contributed by atoms with E-state index in [0.717, 1.165) is 21.4 Å². The van der Waals surface area contributed by atoms with Crippen LogP contribution < -0.4 is 10.6 Å². The SMILES string of the molecule is Cc1nc(NC(=O)c2ccc(Br)cc2CO)sc1C(=O)NCc1ccccc1. The van der Waals surface area contributed by atoms with Gasteiger partial charge in [0.25, 0.3) is 11.8 Å². The van der Waals surface area contributed by atoms with Gasteiger partial charge < -0.3 is 10.4 Å². The van der Waals surface area contributed by atoms with Crippen LogP contribution in [-0.2, 0) is 13.2 Å². The standard InChI is InChI=1S/C20H18BrN3O3S/c1-12-17(19(27)22-10-13-5-3-2-4-6-13)28-20(23-12)24-18(26)16-8-7-15(21)9-14(16)11-25/h2-9,25H,10-11H2,1H3,(H,22,27)(H,23,24,26). The van der Waals surface area contributed by atoms with Gasteiger partial charge in [-0.05, 0) is 36.2 Å². The summed E-state index contributed by atoms with van der Waals surface area (Å²) < 4.78 is 0.774. The molecular formula is C20H18BrN3O3S. The zero-order chi connectivity index (χ0) is 20.1. The van der Waals surface area contributed by atoms with Crippen molar-refractivity contribution in [2.45, 2.75) is 20.1 Å². The molecule has 0 saturated heterocycles. The van der Waals surface area contributed by atoms with Crippen LogP contribution in [0.3, 0.4) is 0 Å². The average Bonchev–Trinajstić information content (AvgIpc) is 3.06. The Balaban J connectivity index is 1.70. The molecule has 2 aromatic carbocycles. The molecule has 144 valence electrons. The van der Waals surface area contributed by atoms with Crippen LogP contribution in [0.2, 0.25) is 0 Å². The van der Waals surface area contributed by atoms with E-state index in [4.69, 9.17) is 0 Å². The van der Waals surface area contributed by atoms with E-state index in [1.165, 1.54) is 0 Å². The van der Waals surface area contributed by atoms with E-state index in [1.54, 1.807) is 25.1 Å². The molecule has 0 spiro atoms. The van der Waals surface area contributed by atoms with Gasteiger partial charge in [-0.3, -0.25) is 14.9 Å². The Hall–Kier alpha value is -2.55. The number of carbonyl (C=O) groups is 2. The average molecular weight is 460 g/mol. The fraction of sp³-hybridized carbons (Fsp3) is 0.150. The fourth-order valence-electron chi connectivity index (χ4n) is 2.60. The Kier molecular flexibility index (Phi) is 6.56. The molecule has 8 heteroatoms. The van der Waals surface area contributed by atoms with Crippen LogP contribution in [0.15, 0.2) is 53.0 Å².